The van der Waals surface area contributed by atoms with Crippen LogP contribution in [0.25, 0.3) is 0 Å². The summed E-state index contributed by atoms with van der Waals surface area (Å²) in [4.78, 5) is 6.14. The third kappa shape index (κ3) is 4.67. The Kier molecular flexibility index (Phi) is 6.56. The largest absolute Gasteiger partial charge is 0.493 e. The minimum atomic E-state index is 0.622. The Labute approximate surface area is 176 Å². The number of piperazine rings is 1. The minimum absolute atomic E-state index is 0.622. The second-order valence-corrected chi connectivity index (χ2v) is 8.16. The third-order valence-electron chi connectivity index (χ3n) is 5.29. The van der Waals surface area contributed by atoms with E-state index in [2.05, 4.69) is 28.0 Å². The lowest BCUT2D eigenvalue weighted by atomic mass is 10.2. The van der Waals surface area contributed by atoms with Crippen LogP contribution >= 0.6 is 11.8 Å². The summed E-state index contributed by atoms with van der Waals surface area (Å²) in [5.41, 5.74) is 1.15. The van der Waals surface area contributed by atoms with Crippen LogP contribution in [-0.2, 0) is 0 Å². The number of thioether (sulfide) groups is 1. The summed E-state index contributed by atoms with van der Waals surface area (Å²) in [5.74, 6) is 4.36. The van der Waals surface area contributed by atoms with E-state index < -0.39 is 0 Å². The van der Waals surface area contributed by atoms with Crippen LogP contribution in [0, 0.1) is 0 Å². The van der Waals surface area contributed by atoms with E-state index in [9.17, 15) is 0 Å². The highest BCUT2D eigenvalue weighted by atomic mass is 32.2. The number of hydrogen-bond acceptors (Lipinski definition) is 7. The first-order chi connectivity index (χ1) is 14.3. The molecule has 0 aromatic heterocycles. The number of rotatable bonds is 7. The number of methoxy groups -OCH3 is 2. The van der Waals surface area contributed by atoms with E-state index in [-0.39, 0.29) is 0 Å². The Morgan fingerprint density at radius 3 is 2.52 bits per heavy atom. The summed E-state index contributed by atoms with van der Waals surface area (Å²) >= 11 is 1.85. The van der Waals surface area contributed by atoms with Gasteiger partial charge in [-0.05, 0) is 30.3 Å². The lowest BCUT2D eigenvalue weighted by molar-refractivity contribution is 0.171. The fourth-order valence-electron chi connectivity index (χ4n) is 3.72. The van der Waals surface area contributed by atoms with Crippen molar-refractivity contribution in [3.8, 4) is 23.0 Å². The Hall–Kier alpha value is -2.25. The van der Waals surface area contributed by atoms with E-state index in [1.165, 1.54) is 4.90 Å². The molecule has 0 amide bonds. The van der Waals surface area contributed by atoms with E-state index in [1.807, 2.05) is 30.0 Å². The average Bonchev–Trinajstić information content (AvgIpc) is 2.79. The summed E-state index contributed by atoms with van der Waals surface area (Å²) in [6.45, 7) is 6.42. The summed E-state index contributed by atoms with van der Waals surface area (Å²) in [6.07, 6.45) is 0. The zero-order valence-electron chi connectivity index (χ0n) is 17.1. The normalized spacial score (nSPS) is 16.6. The van der Waals surface area contributed by atoms with Gasteiger partial charge in [0.15, 0.2) is 23.0 Å². The second-order valence-electron chi connectivity index (χ2n) is 7.00. The molecule has 2 aliphatic rings. The molecule has 7 heteroatoms. The van der Waals surface area contributed by atoms with Crippen LogP contribution in [0.1, 0.15) is 0 Å². The fraction of sp³-hybridized carbons (Fsp3) is 0.455. The Balaban J connectivity index is 1.27. The molecule has 156 valence electrons. The second kappa shape index (κ2) is 9.50. The van der Waals surface area contributed by atoms with Gasteiger partial charge in [0.25, 0.3) is 0 Å². The van der Waals surface area contributed by atoms with Crippen LogP contribution in [0.5, 0.6) is 23.0 Å². The number of ether oxygens (including phenoxy) is 4. The maximum Gasteiger partial charge on any atom is 0.184 e. The zero-order valence-corrected chi connectivity index (χ0v) is 17.9. The molecule has 2 heterocycles. The van der Waals surface area contributed by atoms with E-state index in [0.29, 0.717) is 13.2 Å². The van der Waals surface area contributed by atoms with Crippen LogP contribution < -0.4 is 23.8 Å². The van der Waals surface area contributed by atoms with Crippen molar-refractivity contribution in [1.29, 1.82) is 0 Å². The molecular weight excluding hydrogens is 388 g/mol. The Morgan fingerprint density at radius 2 is 1.72 bits per heavy atom. The lowest BCUT2D eigenvalue weighted by Crippen LogP contribution is -2.47. The van der Waals surface area contributed by atoms with E-state index in [1.54, 1.807) is 14.2 Å². The topological polar surface area (TPSA) is 43.4 Å². The summed E-state index contributed by atoms with van der Waals surface area (Å²) < 4.78 is 22.3. The summed E-state index contributed by atoms with van der Waals surface area (Å²) in [5, 5.41) is 0. The number of para-hydroxylation sites is 1. The molecule has 2 aromatic rings. The van der Waals surface area contributed by atoms with Crippen molar-refractivity contribution in [3.05, 3.63) is 36.4 Å². The average molecular weight is 417 g/mol. The van der Waals surface area contributed by atoms with Gasteiger partial charge in [-0.3, -0.25) is 4.90 Å². The molecule has 0 atom stereocenters. The van der Waals surface area contributed by atoms with Gasteiger partial charge in [0.1, 0.15) is 13.2 Å². The highest BCUT2D eigenvalue weighted by molar-refractivity contribution is 7.99. The predicted molar refractivity (Wildman–Crippen MR) is 116 cm³/mol. The molecule has 6 nitrogen and oxygen atoms in total. The predicted octanol–water partition coefficient (Wildman–Crippen LogP) is 3.39. The lowest BCUT2D eigenvalue weighted by Gasteiger charge is -2.37. The number of hydrogen-bond donors (Lipinski definition) is 0. The molecule has 2 aromatic carbocycles. The van der Waals surface area contributed by atoms with Gasteiger partial charge in [-0.2, -0.15) is 0 Å². The maximum absolute atomic E-state index is 5.88. The first-order valence-corrected chi connectivity index (χ1v) is 11.0. The van der Waals surface area contributed by atoms with Crippen molar-refractivity contribution < 1.29 is 18.9 Å². The van der Waals surface area contributed by atoms with Gasteiger partial charge < -0.3 is 23.8 Å². The van der Waals surface area contributed by atoms with Crippen LogP contribution in [0.2, 0.25) is 0 Å². The molecule has 29 heavy (non-hydrogen) atoms. The van der Waals surface area contributed by atoms with Crippen molar-refractivity contribution >= 4 is 17.4 Å². The summed E-state index contributed by atoms with van der Waals surface area (Å²) in [6, 6.07) is 12.3. The Morgan fingerprint density at radius 1 is 0.931 bits per heavy atom. The summed E-state index contributed by atoms with van der Waals surface area (Å²) in [7, 11) is 3.33. The zero-order chi connectivity index (χ0) is 20.1. The SMILES string of the molecule is COc1ccc(SCCN2CCN(c3cccc4c3OCCO4)CC2)cc1OC. The molecule has 0 N–H and O–H groups in total. The molecule has 4 rings (SSSR count). The number of fused-ring (bicyclic) bond motifs is 1. The van der Waals surface area contributed by atoms with Crippen LogP contribution in [0.15, 0.2) is 41.3 Å². The monoisotopic (exact) mass is 416 g/mol. The molecule has 0 spiro atoms. The maximum atomic E-state index is 5.88. The molecule has 1 fully saturated rings. The van der Waals surface area contributed by atoms with E-state index in [4.69, 9.17) is 18.9 Å². The molecule has 0 bridgehead atoms. The van der Waals surface area contributed by atoms with Gasteiger partial charge >= 0.3 is 0 Å². The van der Waals surface area contributed by atoms with Gasteiger partial charge in [0.05, 0.1) is 19.9 Å². The van der Waals surface area contributed by atoms with Crippen molar-refractivity contribution in [1.82, 2.24) is 4.90 Å². The standard InChI is InChI=1S/C22H28N2O4S/c1-25-19-7-6-17(16-21(19)26-2)29-15-12-23-8-10-24(11-9-23)18-4-3-5-20-22(18)28-14-13-27-20/h3-7,16H,8-15H2,1-2H3. The molecule has 2 aliphatic heterocycles. The van der Waals surface area contributed by atoms with Crippen LogP contribution in [0.3, 0.4) is 0 Å². The first kappa shape index (κ1) is 20.0. The van der Waals surface area contributed by atoms with E-state index in [0.717, 1.165) is 67.2 Å². The molecule has 0 aliphatic carbocycles. The highest BCUT2D eigenvalue weighted by Crippen LogP contribution is 2.39. The third-order valence-corrected chi connectivity index (χ3v) is 6.26. The quantitative estimate of drug-likeness (QED) is 0.641. The van der Waals surface area contributed by atoms with Gasteiger partial charge in [-0.1, -0.05) is 6.07 Å². The molecule has 1 saturated heterocycles. The number of nitrogens with zero attached hydrogens (tertiary/aromatic N) is 2. The van der Waals surface area contributed by atoms with Crippen LogP contribution in [-0.4, -0.2) is 70.8 Å². The van der Waals surface area contributed by atoms with Gasteiger partial charge in [-0.15, -0.1) is 11.8 Å². The van der Waals surface area contributed by atoms with Crippen molar-refractivity contribution in [3.63, 3.8) is 0 Å². The fourth-order valence-corrected chi connectivity index (χ4v) is 4.66. The minimum Gasteiger partial charge on any atom is -0.493 e. The van der Waals surface area contributed by atoms with Crippen molar-refractivity contribution in [2.24, 2.45) is 0 Å². The Bertz CT molecular complexity index is 824. The highest BCUT2D eigenvalue weighted by Gasteiger charge is 2.23. The number of anilines is 1. The van der Waals surface area contributed by atoms with E-state index >= 15 is 0 Å². The van der Waals surface area contributed by atoms with Crippen molar-refractivity contribution in [2.75, 3.05) is 70.8 Å². The number of benzene rings is 2. The molecule has 0 radical (unpaired) electrons. The molecule has 0 unspecified atom stereocenters. The van der Waals surface area contributed by atoms with Crippen molar-refractivity contribution in [2.45, 2.75) is 4.90 Å². The van der Waals surface area contributed by atoms with Gasteiger partial charge in [-0.25, -0.2) is 0 Å². The van der Waals surface area contributed by atoms with Gasteiger partial charge in [0.2, 0.25) is 0 Å². The first-order valence-electron chi connectivity index (χ1n) is 9.99. The van der Waals surface area contributed by atoms with Gasteiger partial charge in [0, 0.05) is 43.4 Å². The molecule has 0 saturated carbocycles. The van der Waals surface area contributed by atoms with Crippen LogP contribution in [0.4, 0.5) is 5.69 Å². The molecular formula is C22H28N2O4S. The smallest absolute Gasteiger partial charge is 0.184 e.